The van der Waals surface area contributed by atoms with Gasteiger partial charge in [0.25, 0.3) is 0 Å². The lowest BCUT2D eigenvalue weighted by Gasteiger charge is -2.18. The average molecular weight is 1100 g/mol. The van der Waals surface area contributed by atoms with E-state index in [0.29, 0.717) is 19.3 Å². The van der Waals surface area contributed by atoms with E-state index in [2.05, 4.69) is 57.2 Å². The van der Waals surface area contributed by atoms with Crippen LogP contribution in [-0.2, 0) is 28.6 Å². The number of hydrogen-bond donors (Lipinski definition) is 0. The third-order valence-corrected chi connectivity index (χ3v) is 15.9. The van der Waals surface area contributed by atoms with Gasteiger partial charge in [-0.2, -0.15) is 0 Å². The maximum atomic E-state index is 12.9. The Kier molecular flexibility index (Phi) is 65.1. The first-order valence-corrected chi connectivity index (χ1v) is 35.0. The molecule has 78 heavy (non-hydrogen) atoms. The van der Waals surface area contributed by atoms with Gasteiger partial charge in [0, 0.05) is 19.3 Å². The molecular weight excluding hydrogens is 961 g/mol. The monoisotopic (exact) mass is 1100 g/mol. The molecule has 0 aromatic carbocycles. The second kappa shape index (κ2) is 67.1. The summed E-state index contributed by atoms with van der Waals surface area (Å²) in [6.07, 6.45) is 83.1. The molecule has 0 bridgehead atoms. The molecule has 0 fully saturated rings. The molecule has 6 heteroatoms. The van der Waals surface area contributed by atoms with E-state index in [9.17, 15) is 14.4 Å². The highest BCUT2D eigenvalue weighted by Crippen LogP contribution is 2.18. The molecule has 0 aromatic rings. The fraction of sp³-hybridized carbons (Fsp3) is 0.875. The number of hydrogen-bond acceptors (Lipinski definition) is 6. The maximum absolute atomic E-state index is 12.9. The van der Waals surface area contributed by atoms with E-state index in [1.807, 2.05) is 0 Å². The number of rotatable bonds is 65. The fourth-order valence-electron chi connectivity index (χ4n) is 10.6. The van der Waals surface area contributed by atoms with Gasteiger partial charge in [-0.1, -0.05) is 327 Å². The van der Waals surface area contributed by atoms with Gasteiger partial charge in [-0.25, -0.2) is 0 Å². The van der Waals surface area contributed by atoms with Gasteiger partial charge in [-0.3, -0.25) is 14.4 Å². The van der Waals surface area contributed by atoms with E-state index >= 15 is 0 Å². The number of carbonyl (C=O) groups excluding carboxylic acids is 3. The molecule has 0 aliphatic carbocycles. The predicted molar refractivity (Wildman–Crippen MR) is 339 cm³/mol. The first-order chi connectivity index (χ1) is 38.5. The normalized spacial score (nSPS) is 12.2. The van der Waals surface area contributed by atoms with Crippen molar-refractivity contribution in [3.8, 4) is 0 Å². The van der Waals surface area contributed by atoms with Crippen LogP contribution in [-0.4, -0.2) is 37.2 Å². The third-order valence-electron chi connectivity index (χ3n) is 15.9. The molecule has 0 aliphatic heterocycles. The van der Waals surface area contributed by atoms with Crippen LogP contribution in [0, 0.1) is 0 Å². The molecule has 1 atom stereocenters. The summed E-state index contributed by atoms with van der Waals surface area (Å²) in [5.74, 6) is -0.849. The van der Waals surface area contributed by atoms with Crippen LogP contribution in [0.25, 0.3) is 0 Å². The zero-order valence-electron chi connectivity index (χ0n) is 52.7. The van der Waals surface area contributed by atoms with Crippen LogP contribution in [0.2, 0.25) is 0 Å². The van der Waals surface area contributed by atoms with Crippen molar-refractivity contribution in [2.75, 3.05) is 13.2 Å². The minimum Gasteiger partial charge on any atom is -0.462 e. The smallest absolute Gasteiger partial charge is 0.306 e. The summed E-state index contributed by atoms with van der Waals surface area (Å²) < 4.78 is 17.0. The van der Waals surface area contributed by atoms with Crippen molar-refractivity contribution in [1.29, 1.82) is 0 Å². The van der Waals surface area contributed by atoms with Crippen LogP contribution in [0.3, 0.4) is 0 Å². The molecule has 0 amide bonds. The van der Waals surface area contributed by atoms with Crippen molar-refractivity contribution in [1.82, 2.24) is 0 Å². The molecule has 0 aliphatic rings. The lowest BCUT2D eigenvalue weighted by atomic mass is 10.0. The zero-order chi connectivity index (χ0) is 56.4. The number of carbonyl (C=O) groups is 3. The van der Waals surface area contributed by atoms with Crippen molar-refractivity contribution in [3.05, 3.63) is 36.5 Å². The number of unbranched alkanes of at least 4 members (excludes halogenated alkanes) is 48. The molecule has 0 heterocycles. The molecular formula is C72H134O6. The van der Waals surface area contributed by atoms with Crippen LogP contribution in [0.15, 0.2) is 36.5 Å². The minimum absolute atomic E-state index is 0.0703. The topological polar surface area (TPSA) is 78.9 Å². The van der Waals surface area contributed by atoms with E-state index in [4.69, 9.17) is 14.2 Å². The van der Waals surface area contributed by atoms with Gasteiger partial charge >= 0.3 is 17.9 Å². The highest BCUT2D eigenvalue weighted by Gasteiger charge is 2.19. The number of allylic oxidation sites excluding steroid dienone is 6. The molecule has 458 valence electrons. The lowest BCUT2D eigenvalue weighted by molar-refractivity contribution is -0.167. The summed E-state index contributed by atoms with van der Waals surface area (Å²) >= 11 is 0. The van der Waals surface area contributed by atoms with Crippen LogP contribution >= 0.6 is 0 Å². The molecule has 1 unspecified atom stereocenters. The van der Waals surface area contributed by atoms with Crippen LogP contribution in [0.5, 0.6) is 0 Å². The summed E-state index contributed by atoms with van der Waals surface area (Å²) in [7, 11) is 0. The molecule has 0 spiro atoms. The van der Waals surface area contributed by atoms with Gasteiger partial charge in [0.1, 0.15) is 13.2 Å². The Bertz CT molecular complexity index is 1300. The molecule has 0 N–H and O–H groups in total. The third kappa shape index (κ3) is 64.5. The molecule has 0 saturated carbocycles. The van der Waals surface area contributed by atoms with E-state index in [-0.39, 0.29) is 31.1 Å². The highest BCUT2D eigenvalue weighted by atomic mass is 16.6. The Morgan fingerprint density at radius 2 is 0.462 bits per heavy atom. The highest BCUT2D eigenvalue weighted by molar-refractivity contribution is 5.71. The minimum atomic E-state index is -0.775. The van der Waals surface area contributed by atoms with E-state index < -0.39 is 6.10 Å². The van der Waals surface area contributed by atoms with Gasteiger partial charge in [-0.15, -0.1) is 0 Å². The Balaban J connectivity index is 4.28. The molecule has 0 rings (SSSR count). The second-order valence-electron chi connectivity index (χ2n) is 23.8. The molecule has 0 radical (unpaired) electrons. The zero-order valence-corrected chi connectivity index (χ0v) is 52.7. The summed E-state index contributed by atoms with van der Waals surface area (Å²) in [5.41, 5.74) is 0. The predicted octanol–water partition coefficient (Wildman–Crippen LogP) is 23.9. The second-order valence-corrected chi connectivity index (χ2v) is 23.8. The van der Waals surface area contributed by atoms with Gasteiger partial charge in [0.15, 0.2) is 6.10 Å². The largest absolute Gasteiger partial charge is 0.462 e. The SMILES string of the molecule is CCCCCC/C=C\C/C=C\CCCCCCCCCC(=O)OC(COC(=O)CCCCCCCCCCCCCCC/C=C\CCCCCCCCCC)COC(=O)CCCCCCCCCCCCCCCCCCC. The van der Waals surface area contributed by atoms with Crippen molar-refractivity contribution in [2.24, 2.45) is 0 Å². The first kappa shape index (κ1) is 75.6. The molecule has 0 aromatic heterocycles. The van der Waals surface area contributed by atoms with E-state index in [0.717, 1.165) is 70.6 Å². The van der Waals surface area contributed by atoms with Crippen LogP contribution in [0.1, 0.15) is 387 Å². The van der Waals surface area contributed by atoms with Crippen molar-refractivity contribution >= 4 is 17.9 Å². The fourth-order valence-corrected chi connectivity index (χ4v) is 10.6. The number of ether oxygens (including phenoxy) is 3. The van der Waals surface area contributed by atoms with Gasteiger partial charge in [0.05, 0.1) is 0 Å². The summed E-state index contributed by atoms with van der Waals surface area (Å²) in [6.45, 7) is 6.69. The molecule has 6 nitrogen and oxygen atoms in total. The summed E-state index contributed by atoms with van der Waals surface area (Å²) in [4.78, 5) is 38.4. The van der Waals surface area contributed by atoms with Gasteiger partial charge in [0.2, 0.25) is 0 Å². The van der Waals surface area contributed by atoms with E-state index in [1.165, 1.54) is 276 Å². The first-order valence-electron chi connectivity index (χ1n) is 35.0. The Morgan fingerprint density at radius 3 is 0.731 bits per heavy atom. The Hall–Kier alpha value is -2.37. The summed E-state index contributed by atoms with van der Waals surface area (Å²) in [6, 6.07) is 0. The average Bonchev–Trinajstić information content (AvgIpc) is 3.44. The Labute approximate surface area is 486 Å². The van der Waals surface area contributed by atoms with Crippen molar-refractivity contribution in [3.63, 3.8) is 0 Å². The van der Waals surface area contributed by atoms with Crippen molar-refractivity contribution < 1.29 is 28.6 Å². The number of esters is 3. The van der Waals surface area contributed by atoms with Gasteiger partial charge < -0.3 is 14.2 Å². The van der Waals surface area contributed by atoms with Crippen LogP contribution < -0.4 is 0 Å². The molecule has 0 saturated heterocycles. The standard InChI is InChI=1S/C72H134O6/c1-4-7-10-13-16-19-22-25-28-31-33-34-35-36-37-38-39-42-44-47-50-53-56-59-62-65-71(74)77-68-69(67-76-70(73)64-61-58-55-52-49-46-43-40-30-27-24-21-18-15-12-9-6-3)78-72(75)66-63-60-57-54-51-48-45-41-32-29-26-23-20-17-14-11-8-5-2/h20,23,29,31-33,69H,4-19,21-22,24-28,30,34-68H2,1-3H3/b23-20-,32-29-,33-31-. The Morgan fingerprint density at radius 1 is 0.256 bits per heavy atom. The van der Waals surface area contributed by atoms with E-state index in [1.54, 1.807) is 0 Å². The van der Waals surface area contributed by atoms with Gasteiger partial charge in [-0.05, 0) is 77.0 Å². The summed E-state index contributed by atoms with van der Waals surface area (Å²) in [5, 5.41) is 0. The maximum Gasteiger partial charge on any atom is 0.306 e. The van der Waals surface area contributed by atoms with Crippen molar-refractivity contribution in [2.45, 2.75) is 393 Å². The lowest BCUT2D eigenvalue weighted by Crippen LogP contribution is -2.30. The van der Waals surface area contributed by atoms with Crippen LogP contribution in [0.4, 0.5) is 0 Å². The quantitative estimate of drug-likeness (QED) is 0.0261.